The predicted molar refractivity (Wildman–Crippen MR) is 98.5 cm³/mol. The van der Waals surface area contributed by atoms with Gasteiger partial charge in [0.1, 0.15) is 5.82 Å². The molecule has 0 saturated carbocycles. The van der Waals surface area contributed by atoms with Crippen LogP contribution >= 0.6 is 0 Å². The number of rotatable bonds is 8. The van der Waals surface area contributed by atoms with Gasteiger partial charge in [-0.3, -0.25) is 14.4 Å². The Morgan fingerprint density at radius 3 is 2.22 bits per heavy atom. The van der Waals surface area contributed by atoms with Crippen LogP contribution in [0.3, 0.4) is 0 Å². The van der Waals surface area contributed by atoms with E-state index in [4.69, 9.17) is 4.74 Å². The van der Waals surface area contributed by atoms with E-state index in [-0.39, 0.29) is 24.7 Å². The standard InChI is InChI=1S/C21H22FNO4/c1-14(16-6-4-3-5-7-16)23-21(26)15(2)27-20(25)13-12-19(24)17-8-10-18(22)11-9-17/h3-11,14-15H,12-13H2,1-2H3,(H,23,26). The molecule has 1 amide bonds. The molecule has 2 aromatic carbocycles. The quantitative estimate of drug-likeness (QED) is 0.568. The van der Waals surface area contributed by atoms with Gasteiger partial charge >= 0.3 is 5.97 Å². The van der Waals surface area contributed by atoms with Gasteiger partial charge in [0, 0.05) is 12.0 Å². The monoisotopic (exact) mass is 371 g/mol. The molecule has 5 nitrogen and oxygen atoms in total. The number of hydrogen-bond donors (Lipinski definition) is 1. The van der Waals surface area contributed by atoms with Gasteiger partial charge < -0.3 is 10.1 Å². The maximum Gasteiger partial charge on any atom is 0.307 e. The average molecular weight is 371 g/mol. The second-order valence-corrected chi connectivity index (χ2v) is 6.20. The summed E-state index contributed by atoms with van der Waals surface area (Å²) in [5, 5.41) is 2.78. The predicted octanol–water partition coefficient (Wildman–Crippen LogP) is 3.60. The lowest BCUT2D eigenvalue weighted by Gasteiger charge is -2.18. The van der Waals surface area contributed by atoms with Gasteiger partial charge in [0.25, 0.3) is 5.91 Å². The number of halogens is 1. The van der Waals surface area contributed by atoms with E-state index in [1.807, 2.05) is 37.3 Å². The molecule has 0 aliphatic rings. The summed E-state index contributed by atoms with van der Waals surface area (Å²) in [4.78, 5) is 36.0. The number of nitrogens with one attached hydrogen (secondary N) is 1. The minimum absolute atomic E-state index is 0.0702. The molecule has 0 heterocycles. The highest BCUT2D eigenvalue weighted by Crippen LogP contribution is 2.12. The van der Waals surface area contributed by atoms with E-state index < -0.39 is 23.8 Å². The molecule has 27 heavy (non-hydrogen) atoms. The zero-order chi connectivity index (χ0) is 19.8. The van der Waals surface area contributed by atoms with Gasteiger partial charge in [-0.05, 0) is 43.7 Å². The van der Waals surface area contributed by atoms with Crippen LogP contribution in [0.25, 0.3) is 0 Å². The third-order valence-corrected chi connectivity index (χ3v) is 4.06. The Hall–Kier alpha value is -3.02. The Bertz CT molecular complexity index is 790. The summed E-state index contributed by atoms with van der Waals surface area (Å²) in [5.41, 5.74) is 1.26. The summed E-state index contributed by atoms with van der Waals surface area (Å²) < 4.78 is 17.9. The fraction of sp³-hybridized carbons (Fsp3) is 0.286. The number of Topliss-reactive ketones (excluding diaryl/α,β-unsaturated/α-hetero) is 1. The number of carbonyl (C=O) groups excluding carboxylic acids is 3. The van der Waals surface area contributed by atoms with E-state index in [0.29, 0.717) is 5.56 Å². The lowest BCUT2D eigenvalue weighted by molar-refractivity contribution is -0.155. The number of ether oxygens (including phenoxy) is 1. The normalized spacial score (nSPS) is 12.7. The number of esters is 1. The zero-order valence-corrected chi connectivity index (χ0v) is 15.3. The Kier molecular flexibility index (Phi) is 7.23. The summed E-state index contributed by atoms with van der Waals surface area (Å²) in [5.74, 6) is -1.78. The van der Waals surface area contributed by atoms with Crippen LogP contribution in [-0.2, 0) is 14.3 Å². The van der Waals surface area contributed by atoms with Crippen molar-refractivity contribution in [1.82, 2.24) is 5.32 Å². The van der Waals surface area contributed by atoms with Crippen molar-refractivity contribution in [3.05, 3.63) is 71.5 Å². The third-order valence-electron chi connectivity index (χ3n) is 4.06. The molecular weight excluding hydrogens is 349 g/mol. The molecule has 2 unspecified atom stereocenters. The van der Waals surface area contributed by atoms with Gasteiger partial charge in [0.15, 0.2) is 11.9 Å². The van der Waals surface area contributed by atoms with Gasteiger partial charge in [0.05, 0.1) is 12.5 Å². The van der Waals surface area contributed by atoms with Crippen molar-refractivity contribution in [3.63, 3.8) is 0 Å². The summed E-state index contributed by atoms with van der Waals surface area (Å²) in [6, 6.07) is 14.3. The van der Waals surface area contributed by atoms with Crippen LogP contribution in [0.4, 0.5) is 4.39 Å². The van der Waals surface area contributed by atoms with Crippen molar-refractivity contribution < 1.29 is 23.5 Å². The Morgan fingerprint density at radius 2 is 1.59 bits per heavy atom. The second-order valence-electron chi connectivity index (χ2n) is 6.20. The number of benzene rings is 2. The molecule has 1 N–H and O–H groups in total. The summed E-state index contributed by atoms with van der Waals surface area (Å²) in [7, 11) is 0. The number of amides is 1. The zero-order valence-electron chi connectivity index (χ0n) is 15.3. The molecule has 0 bridgehead atoms. The highest BCUT2D eigenvalue weighted by Gasteiger charge is 2.20. The van der Waals surface area contributed by atoms with Crippen LogP contribution in [0.1, 0.15) is 48.7 Å². The fourth-order valence-corrected chi connectivity index (χ4v) is 2.46. The van der Waals surface area contributed by atoms with Crippen LogP contribution in [0.5, 0.6) is 0 Å². The number of carbonyl (C=O) groups is 3. The van der Waals surface area contributed by atoms with Gasteiger partial charge in [-0.15, -0.1) is 0 Å². The SMILES string of the molecule is CC(OC(=O)CCC(=O)c1ccc(F)cc1)C(=O)NC(C)c1ccccc1. The second kappa shape index (κ2) is 9.62. The van der Waals surface area contributed by atoms with E-state index >= 15 is 0 Å². The first kappa shape index (κ1) is 20.3. The molecule has 0 saturated heterocycles. The van der Waals surface area contributed by atoms with Gasteiger partial charge in [-0.25, -0.2) is 4.39 Å². The number of hydrogen-bond acceptors (Lipinski definition) is 4. The molecule has 2 aromatic rings. The Labute approximate surface area is 157 Å². The summed E-state index contributed by atoms with van der Waals surface area (Å²) in [6.45, 7) is 3.32. The van der Waals surface area contributed by atoms with E-state index in [0.717, 1.165) is 5.56 Å². The molecule has 0 aromatic heterocycles. The summed E-state index contributed by atoms with van der Waals surface area (Å²) in [6.07, 6.45) is -1.19. The molecule has 0 aliphatic carbocycles. The molecule has 2 rings (SSSR count). The molecule has 142 valence electrons. The lowest BCUT2D eigenvalue weighted by Crippen LogP contribution is -2.37. The van der Waals surface area contributed by atoms with Crippen molar-refractivity contribution in [3.8, 4) is 0 Å². The van der Waals surface area contributed by atoms with Crippen LogP contribution in [0.2, 0.25) is 0 Å². The maximum absolute atomic E-state index is 12.9. The molecule has 2 atom stereocenters. The first-order valence-corrected chi connectivity index (χ1v) is 8.70. The average Bonchev–Trinajstić information content (AvgIpc) is 2.67. The Morgan fingerprint density at radius 1 is 0.963 bits per heavy atom. The molecule has 0 fully saturated rings. The molecule has 0 spiro atoms. The molecule has 0 radical (unpaired) electrons. The largest absolute Gasteiger partial charge is 0.453 e. The van der Waals surface area contributed by atoms with Gasteiger partial charge in [-0.2, -0.15) is 0 Å². The Balaban J connectivity index is 1.78. The van der Waals surface area contributed by atoms with Crippen molar-refractivity contribution in [2.24, 2.45) is 0 Å². The van der Waals surface area contributed by atoms with E-state index in [1.54, 1.807) is 0 Å². The van der Waals surface area contributed by atoms with Gasteiger partial charge in [0.2, 0.25) is 0 Å². The molecule has 0 aliphatic heterocycles. The topological polar surface area (TPSA) is 72.5 Å². The number of ketones is 1. The summed E-state index contributed by atoms with van der Waals surface area (Å²) >= 11 is 0. The van der Waals surface area contributed by atoms with Crippen molar-refractivity contribution in [2.45, 2.75) is 38.8 Å². The van der Waals surface area contributed by atoms with Crippen LogP contribution in [0, 0.1) is 5.82 Å². The molecule has 6 heteroatoms. The maximum atomic E-state index is 12.9. The van der Waals surface area contributed by atoms with E-state index in [2.05, 4.69) is 5.32 Å². The lowest BCUT2D eigenvalue weighted by atomic mass is 10.1. The molecular formula is C21H22FNO4. The highest BCUT2D eigenvalue weighted by molar-refractivity contribution is 5.97. The van der Waals surface area contributed by atoms with Crippen molar-refractivity contribution in [1.29, 1.82) is 0 Å². The van der Waals surface area contributed by atoms with Crippen molar-refractivity contribution >= 4 is 17.7 Å². The smallest absolute Gasteiger partial charge is 0.307 e. The van der Waals surface area contributed by atoms with E-state index in [1.165, 1.54) is 31.2 Å². The van der Waals surface area contributed by atoms with Crippen LogP contribution < -0.4 is 5.32 Å². The third kappa shape index (κ3) is 6.33. The van der Waals surface area contributed by atoms with Crippen LogP contribution in [-0.4, -0.2) is 23.8 Å². The first-order valence-electron chi connectivity index (χ1n) is 8.70. The first-order chi connectivity index (χ1) is 12.9. The minimum atomic E-state index is -0.968. The van der Waals surface area contributed by atoms with Crippen molar-refractivity contribution in [2.75, 3.05) is 0 Å². The minimum Gasteiger partial charge on any atom is -0.453 e. The fourth-order valence-electron chi connectivity index (χ4n) is 2.46. The van der Waals surface area contributed by atoms with Crippen LogP contribution in [0.15, 0.2) is 54.6 Å². The highest BCUT2D eigenvalue weighted by atomic mass is 19.1. The van der Waals surface area contributed by atoms with Gasteiger partial charge in [-0.1, -0.05) is 30.3 Å². The van der Waals surface area contributed by atoms with E-state index in [9.17, 15) is 18.8 Å².